The lowest BCUT2D eigenvalue weighted by atomic mass is 9.76. The lowest BCUT2D eigenvalue weighted by molar-refractivity contribution is 0.00578. The van der Waals surface area contributed by atoms with Crippen molar-refractivity contribution in [3.8, 4) is 5.75 Å². The second kappa shape index (κ2) is 5.81. The Kier molecular flexibility index (Phi) is 4.02. The first-order chi connectivity index (χ1) is 12.1. The molecule has 1 aromatic rings. The van der Waals surface area contributed by atoms with Crippen molar-refractivity contribution in [2.24, 2.45) is 7.05 Å². The topological polar surface area (TPSA) is 57.5 Å². The molecule has 4 heterocycles. The minimum atomic E-state index is -1.01. The number of hydrogen-bond donors (Lipinski definition) is 1. The molecule has 2 fully saturated rings. The van der Waals surface area contributed by atoms with Crippen molar-refractivity contribution in [2.75, 3.05) is 13.1 Å². The molecule has 2 saturated heterocycles. The molecule has 0 amide bonds. The third-order valence-electron chi connectivity index (χ3n) is 6.17. The van der Waals surface area contributed by atoms with Crippen LogP contribution < -0.4 is 10.1 Å². The van der Waals surface area contributed by atoms with Crippen LogP contribution in [0.1, 0.15) is 52.7 Å². The Morgan fingerprint density at radius 3 is 2.42 bits per heavy atom. The van der Waals surface area contributed by atoms with Gasteiger partial charge in [0.1, 0.15) is 17.0 Å². The molecule has 0 aliphatic carbocycles. The van der Waals surface area contributed by atoms with Gasteiger partial charge >= 0.3 is 7.12 Å². The molecule has 3 aliphatic heterocycles. The van der Waals surface area contributed by atoms with E-state index in [0.717, 1.165) is 25.9 Å². The molecule has 3 aliphatic rings. The zero-order valence-electron chi connectivity index (χ0n) is 16.2. The van der Waals surface area contributed by atoms with Crippen molar-refractivity contribution in [2.45, 2.75) is 63.8 Å². The van der Waals surface area contributed by atoms with Crippen LogP contribution >= 0.6 is 0 Å². The van der Waals surface area contributed by atoms with Crippen LogP contribution in [0.5, 0.6) is 5.75 Å². The number of nitrogens with zero attached hydrogens (tertiary/aromatic N) is 2. The van der Waals surface area contributed by atoms with Gasteiger partial charge in [0.15, 0.2) is 5.75 Å². The smallest absolute Gasteiger partial charge is 0.483 e. The maximum Gasteiger partial charge on any atom is 0.525 e. The maximum absolute atomic E-state index is 15.6. The molecule has 1 N–H and O–H groups in total. The van der Waals surface area contributed by atoms with Gasteiger partial charge in [-0.15, -0.1) is 0 Å². The van der Waals surface area contributed by atoms with E-state index in [1.807, 2.05) is 40.9 Å². The third kappa shape index (κ3) is 2.79. The van der Waals surface area contributed by atoms with Crippen LogP contribution in [0.4, 0.5) is 4.39 Å². The Labute approximate surface area is 154 Å². The average Bonchev–Trinajstić information content (AvgIpc) is 3.02. The Bertz CT molecular complexity index is 737. The second-order valence-electron chi connectivity index (χ2n) is 8.64. The molecule has 1 aromatic heterocycles. The minimum absolute atomic E-state index is 0.384. The first kappa shape index (κ1) is 18.0. The van der Waals surface area contributed by atoms with Crippen molar-refractivity contribution in [3.05, 3.63) is 17.6 Å². The Balaban J connectivity index is 1.75. The van der Waals surface area contributed by atoms with Crippen molar-refractivity contribution < 1.29 is 18.4 Å². The summed E-state index contributed by atoms with van der Waals surface area (Å²) in [6.45, 7) is 9.43. The number of hydrogen-bond acceptors (Lipinski definition) is 5. The van der Waals surface area contributed by atoms with E-state index in [0.29, 0.717) is 23.4 Å². The molecule has 0 radical (unpaired) electrons. The molecule has 0 unspecified atom stereocenters. The molecule has 0 atom stereocenters. The summed E-state index contributed by atoms with van der Waals surface area (Å²) in [5.74, 6) is 0.641. The number of nitrogens with one attached hydrogen (secondary N) is 1. The molecule has 142 valence electrons. The van der Waals surface area contributed by atoms with Gasteiger partial charge in [-0.2, -0.15) is 5.10 Å². The zero-order chi connectivity index (χ0) is 18.7. The van der Waals surface area contributed by atoms with Gasteiger partial charge in [0, 0.05) is 19.0 Å². The molecular formula is C18H27BFN3O3. The summed E-state index contributed by atoms with van der Waals surface area (Å²) in [6.07, 6.45) is 3.97. The Morgan fingerprint density at radius 2 is 1.81 bits per heavy atom. The van der Waals surface area contributed by atoms with Crippen LogP contribution in [0.2, 0.25) is 0 Å². The fourth-order valence-electron chi connectivity index (χ4n) is 3.87. The highest BCUT2D eigenvalue weighted by atomic mass is 19.1. The van der Waals surface area contributed by atoms with E-state index in [1.54, 1.807) is 4.68 Å². The quantitative estimate of drug-likeness (QED) is 0.778. The number of halogens is 1. The lowest BCUT2D eigenvalue weighted by Gasteiger charge is -2.41. The highest BCUT2D eigenvalue weighted by Crippen LogP contribution is 2.47. The van der Waals surface area contributed by atoms with Crippen molar-refractivity contribution >= 4 is 12.7 Å². The first-order valence-corrected chi connectivity index (χ1v) is 9.30. The van der Waals surface area contributed by atoms with E-state index in [-0.39, 0.29) is 5.73 Å². The summed E-state index contributed by atoms with van der Waals surface area (Å²) in [6, 6.07) is 0. The fourth-order valence-corrected chi connectivity index (χ4v) is 3.87. The molecule has 4 rings (SSSR count). The van der Waals surface area contributed by atoms with Crippen LogP contribution in [0.3, 0.4) is 0 Å². The van der Waals surface area contributed by atoms with E-state index in [1.165, 1.54) is 0 Å². The summed E-state index contributed by atoms with van der Waals surface area (Å²) in [5.41, 5.74) is -0.835. The maximum atomic E-state index is 15.6. The van der Waals surface area contributed by atoms with E-state index in [9.17, 15) is 0 Å². The highest BCUT2D eigenvalue weighted by molar-refractivity contribution is 6.55. The number of rotatable bonds is 1. The molecule has 0 saturated carbocycles. The van der Waals surface area contributed by atoms with E-state index < -0.39 is 23.9 Å². The molecule has 0 bridgehead atoms. The summed E-state index contributed by atoms with van der Waals surface area (Å²) in [5, 5.41) is 7.79. The average molecular weight is 363 g/mol. The van der Waals surface area contributed by atoms with E-state index in [4.69, 9.17) is 14.0 Å². The van der Waals surface area contributed by atoms with Gasteiger partial charge < -0.3 is 19.4 Å². The summed E-state index contributed by atoms with van der Waals surface area (Å²) < 4.78 is 35.5. The molecule has 1 spiro atoms. The fraction of sp³-hybridized carbons (Fsp3) is 0.722. The second-order valence-corrected chi connectivity index (χ2v) is 8.64. The predicted molar refractivity (Wildman–Crippen MR) is 97.4 cm³/mol. The van der Waals surface area contributed by atoms with E-state index in [2.05, 4.69) is 10.4 Å². The zero-order valence-corrected chi connectivity index (χ0v) is 16.2. The molecule has 0 aromatic carbocycles. The van der Waals surface area contributed by atoms with Crippen molar-refractivity contribution in [1.29, 1.82) is 0 Å². The summed E-state index contributed by atoms with van der Waals surface area (Å²) in [4.78, 5) is 0. The number of aromatic nitrogens is 2. The van der Waals surface area contributed by atoms with Gasteiger partial charge in [0.25, 0.3) is 0 Å². The molecule has 6 nitrogen and oxygen atoms in total. The SMILES string of the molecule is Cn1cc2c(n1)C(=C(F)B1OC(C)(C)C(C)(C)O1)CC1(CCNCC1)O2. The normalized spacial score (nSPS) is 28.0. The first-order valence-electron chi connectivity index (χ1n) is 9.30. The third-order valence-corrected chi connectivity index (χ3v) is 6.17. The minimum Gasteiger partial charge on any atom is -0.483 e. The largest absolute Gasteiger partial charge is 0.525 e. The van der Waals surface area contributed by atoms with Crippen LogP contribution in [0, 0.1) is 0 Å². The van der Waals surface area contributed by atoms with Gasteiger partial charge in [-0.1, -0.05) is 0 Å². The molecule has 8 heteroatoms. The van der Waals surface area contributed by atoms with Crippen LogP contribution in [-0.2, 0) is 16.4 Å². The van der Waals surface area contributed by atoms with Gasteiger partial charge in [0.05, 0.1) is 17.4 Å². The van der Waals surface area contributed by atoms with Crippen LogP contribution in [0.15, 0.2) is 11.9 Å². The van der Waals surface area contributed by atoms with Crippen LogP contribution in [0.25, 0.3) is 5.57 Å². The van der Waals surface area contributed by atoms with Crippen molar-refractivity contribution in [1.82, 2.24) is 15.1 Å². The Morgan fingerprint density at radius 1 is 1.19 bits per heavy atom. The van der Waals surface area contributed by atoms with Crippen LogP contribution in [-0.4, -0.2) is 46.8 Å². The summed E-state index contributed by atoms with van der Waals surface area (Å²) in [7, 11) is 0.808. The molecular weight excluding hydrogens is 336 g/mol. The monoisotopic (exact) mass is 363 g/mol. The highest BCUT2D eigenvalue weighted by Gasteiger charge is 2.54. The lowest BCUT2D eigenvalue weighted by Crippen LogP contribution is -2.48. The number of ether oxygens (including phenoxy) is 1. The molecule has 26 heavy (non-hydrogen) atoms. The number of aryl methyl sites for hydroxylation is 1. The summed E-state index contributed by atoms with van der Waals surface area (Å²) >= 11 is 0. The van der Waals surface area contributed by atoms with Gasteiger partial charge in [-0.25, -0.2) is 4.39 Å². The Hall–Kier alpha value is -1.38. The predicted octanol–water partition coefficient (Wildman–Crippen LogP) is 2.64. The van der Waals surface area contributed by atoms with Gasteiger partial charge in [-0.05, 0) is 53.6 Å². The number of piperidine rings is 1. The van der Waals surface area contributed by atoms with Gasteiger partial charge in [-0.3, -0.25) is 4.68 Å². The number of fused-ring (bicyclic) bond motifs is 1. The standard InChI is InChI=1S/C18H27BFN3O3/c1-16(2)17(3,4)26-19(25-16)15(20)12-10-18(6-8-21-9-7-18)24-13-11-23(5)22-14(12)13/h11,21H,6-10H2,1-5H3. The van der Waals surface area contributed by atoms with Crippen molar-refractivity contribution in [3.63, 3.8) is 0 Å². The van der Waals surface area contributed by atoms with Gasteiger partial charge in [0.2, 0.25) is 0 Å². The van der Waals surface area contributed by atoms with E-state index >= 15 is 4.39 Å².